The maximum atomic E-state index is 13.4. The number of carbonyl (C=O) groups excluding carboxylic acids is 2. The zero-order valence-electron chi connectivity index (χ0n) is 17.9. The lowest BCUT2D eigenvalue weighted by Gasteiger charge is -2.24. The van der Waals surface area contributed by atoms with Gasteiger partial charge in [-0.3, -0.25) is 9.59 Å². The molecule has 0 N–H and O–H groups in total. The first kappa shape index (κ1) is 20.0. The molecule has 0 aliphatic carbocycles. The lowest BCUT2D eigenvalue weighted by molar-refractivity contribution is 0.0729. The molecule has 32 heavy (non-hydrogen) atoms. The number of aromatic nitrogens is 2. The number of para-hydroxylation sites is 1. The van der Waals surface area contributed by atoms with Crippen molar-refractivity contribution < 1.29 is 9.59 Å². The summed E-state index contributed by atoms with van der Waals surface area (Å²) in [6, 6.07) is 24.4. The molecule has 160 valence electrons. The molecule has 0 radical (unpaired) electrons. The predicted molar refractivity (Wildman–Crippen MR) is 124 cm³/mol. The number of pyridine rings is 1. The second kappa shape index (κ2) is 8.30. The van der Waals surface area contributed by atoms with Crippen molar-refractivity contribution >= 4 is 23.0 Å². The van der Waals surface area contributed by atoms with E-state index in [1.165, 1.54) is 0 Å². The maximum Gasteiger partial charge on any atom is 0.278 e. The van der Waals surface area contributed by atoms with Gasteiger partial charge in [0.1, 0.15) is 5.82 Å². The van der Waals surface area contributed by atoms with Gasteiger partial charge in [-0.15, -0.1) is 0 Å². The van der Waals surface area contributed by atoms with Crippen molar-refractivity contribution in [3.05, 3.63) is 102 Å². The number of rotatable bonds is 4. The van der Waals surface area contributed by atoms with E-state index in [0.717, 1.165) is 29.9 Å². The smallest absolute Gasteiger partial charge is 0.278 e. The van der Waals surface area contributed by atoms with Crippen LogP contribution in [-0.2, 0) is 0 Å². The van der Waals surface area contributed by atoms with E-state index in [0.29, 0.717) is 17.8 Å². The summed E-state index contributed by atoms with van der Waals surface area (Å²) in [6.45, 7) is 0.674. The van der Waals surface area contributed by atoms with E-state index in [1.54, 1.807) is 11.9 Å². The Morgan fingerprint density at radius 3 is 2.38 bits per heavy atom. The molecule has 1 fully saturated rings. The van der Waals surface area contributed by atoms with E-state index < -0.39 is 0 Å². The first-order valence-electron chi connectivity index (χ1n) is 10.8. The number of likely N-dealkylation sites (tertiary alicyclic amines) is 1. The van der Waals surface area contributed by atoms with Crippen LogP contribution in [-0.4, -0.2) is 39.7 Å². The van der Waals surface area contributed by atoms with E-state index in [1.807, 2.05) is 94.4 Å². The predicted octanol–water partition coefficient (Wildman–Crippen LogP) is 4.59. The number of fused-ring (bicyclic) bond motifs is 1. The first-order chi connectivity index (χ1) is 15.6. The van der Waals surface area contributed by atoms with Crippen molar-refractivity contribution in [3.8, 4) is 0 Å². The molecule has 2 amide bonds. The molecule has 6 heteroatoms. The third kappa shape index (κ3) is 3.43. The molecule has 1 aliphatic heterocycles. The van der Waals surface area contributed by atoms with Crippen LogP contribution < -0.4 is 4.90 Å². The summed E-state index contributed by atoms with van der Waals surface area (Å²) in [7, 11) is 1.76. The molecule has 2 aromatic heterocycles. The van der Waals surface area contributed by atoms with Crippen molar-refractivity contribution in [2.24, 2.45) is 0 Å². The van der Waals surface area contributed by atoms with Crippen LogP contribution in [0.3, 0.4) is 0 Å². The van der Waals surface area contributed by atoms with Gasteiger partial charge in [-0.05, 0) is 49.2 Å². The second-order valence-corrected chi connectivity index (χ2v) is 8.00. The SMILES string of the molecule is CN(C(=O)c1nc([C@@H]2CCCN2C(=O)c2ccccc2)n2ccccc12)c1ccccc1. The van der Waals surface area contributed by atoms with Gasteiger partial charge in [0.2, 0.25) is 0 Å². The van der Waals surface area contributed by atoms with Crippen LogP contribution in [0.2, 0.25) is 0 Å². The summed E-state index contributed by atoms with van der Waals surface area (Å²) in [4.78, 5) is 34.9. The standard InChI is InChI=1S/C26H24N4O2/c1-28(20-13-6-3-7-14-20)26(32)23-21-15-8-9-17-29(21)24(27-23)22-16-10-18-30(22)25(31)19-11-4-2-5-12-19/h2-9,11-15,17,22H,10,16,18H2,1H3/t22-/m0/s1. The number of imidazole rings is 1. The van der Waals surface area contributed by atoms with Gasteiger partial charge in [0.15, 0.2) is 5.69 Å². The zero-order valence-corrected chi connectivity index (χ0v) is 17.9. The zero-order chi connectivity index (χ0) is 22.1. The fourth-order valence-corrected chi connectivity index (χ4v) is 4.41. The van der Waals surface area contributed by atoms with Crippen LogP contribution in [0.5, 0.6) is 0 Å². The summed E-state index contributed by atoms with van der Waals surface area (Å²) in [6.07, 6.45) is 3.63. The molecule has 3 heterocycles. The number of hydrogen-bond donors (Lipinski definition) is 0. The van der Waals surface area contributed by atoms with Crippen molar-refractivity contribution in [1.29, 1.82) is 0 Å². The van der Waals surface area contributed by atoms with E-state index in [2.05, 4.69) is 0 Å². The third-order valence-corrected chi connectivity index (χ3v) is 6.06. The van der Waals surface area contributed by atoms with Gasteiger partial charge in [0, 0.05) is 31.0 Å². The Morgan fingerprint density at radius 2 is 1.62 bits per heavy atom. The summed E-state index contributed by atoms with van der Waals surface area (Å²) >= 11 is 0. The van der Waals surface area contributed by atoms with Gasteiger partial charge in [0.05, 0.1) is 11.6 Å². The molecule has 1 aliphatic rings. The molecule has 5 rings (SSSR count). The molecule has 6 nitrogen and oxygen atoms in total. The number of nitrogens with zero attached hydrogens (tertiary/aromatic N) is 4. The number of carbonyl (C=O) groups is 2. The molecule has 0 spiro atoms. The van der Waals surface area contributed by atoms with Crippen LogP contribution in [0.4, 0.5) is 5.69 Å². The lowest BCUT2D eigenvalue weighted by atomic mass is 10.1. The fraction of sp³-hybridized carbons (Fsp3) is 0.192. The highest BCUT2D eigenvalue weighted by molar-refractivity contribution is 6.08. The van der Waals surface area contributed by atoms with Crippen molar-refractivity contribution in [3.63, 3.8) is 0 Å². The first-order valence-corrected chi connectivity index (χ1v) is 10.8. The minimum Gasteiger partial charge on any atom is -0.328 e. The summed E-state index contributed by atoms with van der Waals surface area (Å²) in [5.74, 6) is 0.548. The molecule has 0 saturated carbocycles. The van der Waals surface area contributed by atoms with Crippen LogP contribution in [0.15, 0.2) is 85.1 Å². The molecule has 0 unspecified atom stereocenters. The number of hydrogen-bond acceptors (Lipinski definition) is 3. The largest absolute Gasteiger partial charge is 0.328 e. The van der Waals surface area contributed by atoms with E-state index in [-0.39, 0.29) is 17.9 Å². The summed E-state index contributed by atoms with van der Waals surface area (Å²) < 4.78 is 1.95. The third-order valence-electron chi connectivity index (χ3n) is 6.06. The lowest BCUT2D eigenvalue weighted by Crippen LogP contribution is -2.31. The Kier molecular flexibility index (Phi) is 5.19. The monoisotopic (exact) mass is 424 g/mol. The number of amides is 2. The Balaban J connectivity index is 1.54. The Labute approximate surface area is 186 Å². The van der Waals surface area contributed by atoms with Gasteiger partial charge in [-0.2, -0.15) is 0 Å². The summed E-state index contributed by atoms with van der Waals surface area (Å²) in [5.41, 5.74) is 2.61. The van der Waals surface area contributed by atoms with E-state index in [4.69, 9.17) is 4.98 Å². The normalized spacial score (nSPS) is 15.8. The van der Waals surface area contributed by atoms with Gasteiger partial charge in [0.25, 0.3) is 11.8 Å². The quantitative estimate of drug-likeness (QED) is 0.482. The van der Waals surface area contributed by atoms with Gasteiger partial charge in [-0.25, -0.2) is 4.98 Å². The molecule has 1 saturated heterocycles. The van der Waals surface area contributed by atoms with Gasteiger partial charge >= 0.3 is 0 Å². The van der Waals surface area contributed by atoms with Gasteiger partial charge in [-0.1, -0.05) is 42.5 Å². The summed E-state index contributed by atoms with van der Waals surface area (Å²) in [5, 5.41) is 0. The van der Waals surface area contributed by atoms with Gasteiger partial charge < -0.3 is 14.2 Å². The fourth-order valence-electron chi connectivity index (χ4n) is 4.41. The average molecular weight is 425 g/mol. The molecular formula is C26H24N4O2. The van der Waals surface area contributed by atoms with Crippen molar-refractivity contribution in [2.45, 2.75) is 18.9 Å². The Morgan fingerprint density at radius 1 is 0.938 bits per heavy atom. The highest BCUT2D eigenvalue weighted by atomic mass is 16.2. The minimum absolute atomic E-state index is 0.00457. The van der Waals surface area contributed by atoms with Crippen molar-refractivity contribution in [1.82, 2.24) is 14.3 Å². The number of anilines is 1. The maximum absolute atomic E-state index is 13.4. The van der Waals surface area contributed by atoms with Crippen molar-refractivity contribution in [2.75, 3.05) is 18.5 Å². The van der Waals surface area contributed by atoms with E-state index >= 15 is 0 Å². The topological polar surface area (TPSA) is 57.9 Å². The molecular weight excluding hydrogens is 400 g/mol. The number of benzene rings is 2. The molecule has 1 atom stereocenters. The Hall–Kier alpha value is -3.93. The van der Waals surface area contributed by atoms with Crippen LogP contribution in [0.1, 0.15) is 45.6 Å². The molecule has 0 bridgehead atoms. The highest BCUT2D eigenvalue weighted by Gasteiger charge is 2.35. The molecule has 4 aromatic rings. The van der Waals surface area contributed by atoms with Crippen LogP contribution in [0, 0.1) is 0 Å². The Bertz CT molecular complexity index is 1270. The van der Waals surface area contributed by atoms with Crippen LogP contribution in [0.25, 0.3) is 5.52 Å². The highest BCUT2D eigenvalue weighted by Crippen LogP contribution is 2.34. The van der Waals surface area contributed by atoms with E-state index in [9.17, 15) is 9.59 Å². The average Bonchev–Trinajstić information content (AvgIpc) is 3.49. The van der Waals surface area contributed by atoms with Crippen LogP contribution >= 0.6 is 0 Å². The minimum atomic E-state index is -0.179. The molecule has 2 aromatic carbocycles. The second-order valence-electron chi connectivity index (χ2n) is 8.00.